The molecule has 0 saturated carbocycles. The van der Waals surface area contributed by atoms with Crippen LogP contribution in [0.1, 0.15) is 33.2 Å². The van der Waals surface area contributed by atoms with E-state index in [2.05, 4.69) is 9.47 Å². The molecule has 204 valence electrons. The van der Waals surface area contributed by atoms with Crippen LogP contribution in [0.25, 0.3) is 10.9 Å². The van der Waals surface area contributed by atoms with Crippen LogP contribution in [0.3, 0.4) is 0 Å². The summed E-state index contributed by atoms with van der Waals surface area (Å²) in [6.07, 6.45) is 0.634. The smallest absolute Gasteiger partial charge is 0.327 e. The van der Waals surface area contributed by atoms with Gasteiger partial charge in [0, 0.05) is 56.2 Å². The number of nitrogens with zero attached hydrogens (tertiary/aromatic N) is 4. The first-order chi connectivity index (χ1) is 19.0. The van der Waals surface area contributed by atoms with Gasteiger partial charge in [-0.3, -0.25) is 24.6 Å². The van der Waals surface area contributed by atoms with Crippen molar-refractivity contribution in [2.24, 2.45) is 0 Å². The van der Waals surface area contributed by atoms with Gasteiger partial charge in [0.05, 0.1) is 18.9 Å². The normalized spacial score (nSPS) is 19.4. The maximum Gasteiger partial charge on any atom is 0.327 e. The van der Waals surface area contributed by atoms with E-state index in [0.717, 1.165) is 66.3 Å². The zero-order chi connectivity index (χ0) is 27.1. The number of nitrogens with one attached hydrogen (secondary N) is 1. The molecule has 11 nitrogen and oxygen atoms in total. The van der Waals surface area contributed by atoms with Gasteiger partial charge in [0.2, 0.25) is 0 Å². The largest absolute Gasteiger partial charge is 0.492 e. The Labute approximate surface area is 225 Å². The molecule has 1 aromatic heterocycles. The van der Waals surface area contributed by atoms with E-state index in [1.54, 1.807) is 22.5 Å². The number of aromatic nitrogens is 1. The summed E-state index contributed by atoms with van der Waals surface area (Å²) in [5.74, 6) is -0.0503. The minimum atomic E-state index is -0.677. The number of likely N-dealkylation sites (N-methyl/N-ethyl adjacent to an activating group) is 1. The van der Waals surface area contributed by atoms with Gasteiger partial charge in [-0.15, -0.1) is 0 Å². The van der Waals surface area contributed by atoms with Gasteiger partial charge in [-0.1, -0.05) is 12.1 Å². The molecule has 1 atom stereocenters. The first kappa shape index (κ1) is 25.4. The number of urea groups is 1. The molecule has 2 saturated heterocycles. The topological polar surface area (TPSA) is 117 Å². The Morgan fingerprint density at radius 1 is 1.10 bits per heavy atom. The third kappa shape index (κ3) is 4.52. The third-order valence-corrected chi connectivity index (χ3v) is 7.89. The molecule has 6 rings (SSSR count). The molecule has 0 bridgehead atoms. The lowest BCUT2D eigenvalue weighted by Gasteiger charge is -2.29. The van der Waals surface area contributed by atoms with Crippen molar-refractivity contribution >= 4 is 28.7 Å². The fourth-order valence-corrected chi connectivity index (χ4v) is 5.82. The van der Waals surface area contributed by atoms with Crippen molar-refractivity contribution in [2.75, 3.05) is 53.0 Å². The van der Waals surface area contributed by atoms with Crippen LogP contribution in [0.15, 0.2) is 42.5 Å². The number of imide groups is 1. The summed E-state index contributed by atoms with van der Waals surface area (Å²) in [6, 6.07) is 12.0. The van der Waals surface area contributed by atoms with Gasteiger partial charge in [-0.05, 0) is 47.9 Å². The quantitative estimate of drug-likeness (QED) is 0.271. The number of carbonyl (C=O) groups is 3. The van der Waals surface area contributed by atoms with E-state index in [1.165, 1.54) is 11.9 Å². The van der Waals surface area contributed by atoms with Gasteiger partial charge in [0.15, 0.2) is 6.04 Å². The van der Waals surface area contributed by atoms with Crippen LogP contribution in [-0.2, 0) is 22.5 Å². The highest BCUT2D eigenvalue weighted by Crippen LogP contribution is 2.42. The van der Waals surface area contributed by atoms with E-state index in [4.69, 9.17) is 14.7 Å². The van der Waals surface area contributed by atoms with Gasteiger partial charge < -0.3 is 18.9 Å². The summed E-state index contributed by atoms with van der Waals surface area (Å²) in [5, 5.41) is 9.94. The molecule has 39 heavy (non-hydrogen) atoms. The van der Waals surface area contributed by atoms with Crippen molar-refractivity contribution < 1.29 is 29.1 Å². The Morgan fingerprint density at radius 3 is 2.62 bits per heavy atom. The zero-order valence-corrected chi connectivity index (χ0v) is 21.8. The summed E-state index contributed by atoms with van der Waals surface area (Å²) in [6.45, 7) is 5.61. The number of hydrogen-bond acceptors (Lipinski definition) is 7. The Hall–Kier alpha value is -3.93. The minimum Gasteiger partial charge on any atom is -0.492 e. The van der Waals surface area contributed by atoms with Crippen LogP contribution in [0.4, 0.5) is 4.79 Å². The first-order valence-electron chi connectivity index (χ1n) is 13.2. The fraction of sp³-hybridized carbons (Fsp3) is 0.393. The standard InChI is InChI=1S/C28H31N5O6/c1-30-27(35)25-24-21(8-9-32(25)28(30)36)22-16-20(39-15-12-31-10-13-38-14-11-31)6-7-23(22)33(24)17-18-2-4-19(5-3-18)26(34)29-37/h2-7,16,25,37H,8-15,17H2,1H3,(H,29,34). The molecular weight excluding hydrogens is 502 g/mol. The Bertz CT molecular complexity index is 1430. The van der Waals surface area contributed by atoms with Crippen LogP contribution in [0, 0.1) is 0 Å². The van der Waals surface area contributed by atoms with E-state index in [0.29, 0.717) is 31.7 Å². The Kier molecular flexibility index (Phi) is 6.71. The summed E-state index contributed by atoms with van der Waals surface area (Å²) in [7, 11) is 1.53. The van der Waals surface area contributed by atoms with E-state index in [-0.39, 0.29) is 11.9 Å². The second kappa shape index (κ2) is 10.3. The maximum absolute atomic E-state index is 13.2. The predicted octanol–water partition coefficient (Wildman–Crippen LogP) is 2.01. The zero-order valence-electron chi connectivity index (χ0n) is 21.8. The minimum absolute atomic E-state index is 0.234. The molecule has 3 aliphatic rings. The number of hydrogen-bond donors (Lipinski definition) is 2. The van der Waals surface area contributed by atoms with E-state index in [1.807, 2.05) is 30.3 Å². The summed E-state index contributed by atoms with van der Waals surface area (Å²) >= 11 is 0. The van der Waals surface area contributed by atoms with E-state index in [9.17, 15) is 14.4 Å². The highest BCUT2D eigenvalue weighted by atomic mass is 16.5. The number of ether oxygens (including phenoxy) is 2. The highest BCUT2D eigenvalue weighted by Gasteiger charge is 2.48. The molecule has 2 fully saturated rings. The second-order valence-electron chi connectivity index (χ2n) is 10.1. The van der Waals surface area contributed by atoms with Gasteiger partial charge in [-0.25, -0.2) is 10.3 Å². The predicted molar refractivity (Wildman–Crippen MR) is 141 cm³/mol. The monoisotopic (exact) mass is 533 g/mol. The molecule has 0 spiro atoms. The molecular formula is C28H31N5O6. The van der Waals surface area contributed by atoms with Crippen LogP contribution >= 0.6 is 0 Å². The maximum atomic E-state index is 13.2. The second-order valence-corrected chi connectivity index (χ2v) is 10.1. The number of amides is 4. The average molecular weight is 534 g/mol. The van der Waals surface area contributed by atoms with E-state index >= 15 is 0 Å². The lowest BCUT2D eigenvalue weighted by molar-refractivity contribution is -0.127. The van der Waals surface area contributed by atoms with Gasteiger partial charge in [-0.2, -0.15) is 0 Å². The highest BCUT2D eigenvalue weighted by molar-refractivity contribution is 6.05. The molecule has 0 aliphatic carbocycles. The van der Waals surface area contributed by atoms with Crippen molar-refractivity contribution in [1.82, 2.24) is 24.7 Å². The number of hydroxylamine groups is 1. The van der Waals surface area contributed by atoms with Gasteiger partial charge in [0.25, 0.3) is 11.8 Å². The van der Waals surface area contributed by atoms with Crippen molar-refractivity contribution in [3.63, 3.8) is 0 Å². The molecule has 1 unspecified atom stereocenters. The van der Waals surface area contributed by atoms with Gasteiger partial charge >= 0.3 is 6.03 Å². The Balaban J connectivity index is 1.35. The number of morpholine rings is 1. The molecule has 3 aliphatic heterocycles. The molecule has 2 aromatic carbocycles. The van der Waals surface area contributed by atoms with Crippen LogP contribution in [0.5, 0.6) is 5.75 Å². The molecule has 4 amide bonds. The lowest BCUT2D eigenvalue weighted by Crippen LogP contribution is -2.38. The fourth-order valence-electron chi connectivity index (χ4n) is 5.82. The summed E-state index contributed by atoms with van der Waals surface area (Å²) in [4.78, 5) is 43.0. The average Bonchev–Trinajstić information content (AvgIpc) is 3.39. The molecule has 2 N–H and O–H groups in total. The molecule has 11 heteroatoms. The SMILES string of the molecule is CN1C(=O)C2c3c(c4cc(OCCN5CCOCC5)ccc4n3Cc3ccc(C(=O)NO)cc3)CCN2C1=O. The van der Waals surface area contributed by atoms with Crippen molar-refractivity contribution in [3.05, 3.63) is 64.8 Å². The number of rotatable bonds is 7. The lowest BCUT2D eigenvalue weighted by atomic mass is 9.97. The Morgan fingerprint density at radius 2 is 1.87 bits per heavy atom. The molecule has 0 radical (unpaired) electrons. The van der Waals surface area contributed by atoms with E-state index < -0.39 is 11.9 Å². The van der Waals surface area contributed by atoms with Crippen LogP contribution in [-0.4, -0.2) is 95.4 Å². The first-order valence-corrected chi connectivity index (χ1v) is 13.2. The van der Waals surface area contributed by atoms with Crippen molar-refractivity contribution in [3.8, 4) is 5.75 Å². The molecule has 4 heterocycles. The number of benzene rings is 2. The number of carbonyl (C=O) groups excluding carboxylic acids is 3. The molecule has 3 aromatic rings. The summed E-state index contributed by atoms with van der Waals surface area (Å²) in [5.41, 5.74) is 5.72. The third-order valence-electron chi connectivity index (χ3n) is 7.89. The number of fused-ring (bicyclic) bond motifs is 5. The van der Waals surface area contributed by atoms with Crippen LogP contribution in [0.2, 0.25) is 0 Å². The van der Waals surface area contributed by atoms with Crippen molar-refractivity contribution in [2.45, 2.75) is 19.0 Å². The van der Waals surface area contributed by atoms with Crippen molar-refractivity contribution in [1.29, 1.82) is 0 Å². The summed E-state index contributed by atoms with van der Waals surface area (Å²) < 4.78 is 13.7. The van der Waals surface area contributed by atoms with Crippen LogP contribution < -0.4 is 10.2 Å². The van der Waals surface area contributed by atoms with Gasteiger partial charge in [0.1, 0.15) is 12.4 Å².